The highest BCUT2D eigenvalue weighted by Gasteiger charge is 2.12. The van der Waals surface area contributed by atoms with Crippen molar-refractivity contribution in [2.75, 3.05) is 11.9 Å². The first-order valence-electron chi connectivity index (χ1n) is 6.23. The molecule has 0 atom stereocenters. The van der Waals surface area contributed by atoms with Crippen molar-refractivity contribution in [3.05, 3.63) is 52.0 Å². The number of hydrogen-bond donors (Lipinski definition) is 2. The lowest BCUT2D eigenvalue weighted by Gasteiger charge is -2.10. The highest BCUT2D eigenvalue weighted by molar-refractivity contribution is 6.36. The number of amides is 1. The minimum absolute atomic E-state index is 0.0736. The van der Waals surface area contributed by atoms with E-state index in [9.17, 15) is 9.90 Å². The predicted octanol–water partition coefficient (Wildman–Crippen LogP) is 4.35. The van der Waals surface area contributed by atoms with Crippen LogP contribution in [0.1, 0.15) is 17.3 Å². The van der Waals surface area contributed by atoms with Gasteiger partial charge >= 0.3 is 0 Å². The molecule has 2 aromatic rings. The molecule has 0 spiro atoms. The number of phenolic OH excluding ortho intramolecular Hbond substituents is 1. The van der Waals surface area contributed by atoms with E-state index in [4.69, 9.17) is 27.9 Å². The van der Waals surface area contributed by atoms with Crippen molar-refractivity contribution < 1.29 is 14.6 Å². The number of hydrogen-bond acceptors (Lipinski definition) is 3. The summed E-state index contributed by atoms with van der Waals surface area (Å²) in [7, 11) is 0. The number of benzene rings is 2. The molecule has 0 aliphatic carbocycles. The first-order chi connectivity index (χ1) is 10.0. The van der Waals surface area contributed by atoms with Crippen LogP contribution in [0.15, 0.2) is 36.4 Å². The molecule has 110 valence electrons. The van der Waals surface area contributed by atoms with Crippen molar-refractivity contribution in [3.63, 3.8) is 0 Å². The molecule has 21 heavy (non-hydrogen) atoms. The van der Waals surface area contributed by atoms with E-state index in [0.29, 0.717) is 22.9 Å². The molecule has 2 rings (SSSR count). The summed E-state index contributed by atoms with van der Waals surface area (Å²) in [6.07, 6.45) is 0. The second-order valence-electron chi connectivity index (χ2n) is 4.20. The number of rotatable bonds is 4. The molecule has 0 saturated heterocycles. The zero-order chi connectivity index (χ0) is 15.4. The van der Waals surface area contributed by atoms with E-state index in [1.807, 2.05) is 6.92 Å². The van der Waals surface area contributed by atoms with E-state index in [2.05, 4.69) is 5.32 Å². The van der Waals surface area contributed by atoms with Crippen molar-refractivity contribution in [1.82, 2.24) is 0 Å². The molecule has 0 unspecified atom stereocenters. The van der Waals surface area contributed by atoms with Gasteiger partial charge in [0.1, 0.15) is 5.75 Å². The summed E-state index contributed by atoms with van der Waals surface area (Å²) in [6.45, 7) is 2.44. The van der Waals surface area contributed by atoms with E-state index < -0.39 is 0 Å². The Morgan fingerprint density at radius 3 is 2.52 bits per heavy atom. The van der Waals surface area contributed by atoms with E-state index in [-0.39, 0.29) is 22.4 Å². The Labute approximate surface area is 132 Å². The zero-order valence-electron chi connectivity index (χ0n) is 11.2. The van der Waals surface area contributed by atoms with Gasteiger partial charge in [-0.25, -0.2) is 0 Å². The molecule has 2 N–H and O–H groups in total. The van der Waals surface area contributed by atoms with E-state index >= 15 is 0 Å². The average molecular weight is 326 g/mol. The number of ether oxygens (including phenoxy) is 1. The smallest absolute Gasteiger partial charge is 0.255 e. The van der Waals surface area contributed by atoms with Gasteiger partial charge < -0.3 is 15.2 Å². The Bertz CT molecular complexity index is 657. The number of anilines is 1. The van der Waals surface area contributed by atoms with Crippen molar-refractivity contribution in [2.24, 2.45) is 0 Å². The number of aromatic hydroxyl groups is 1. The predicted molar refractivity (Wildman–Crippen MR) is 83.7 cm³/mol. The largest absolute Gasteiger partial charge is 0.504 e. The van der Waals surface area contributed by atoms with Crippen LogP contribution in [0, 0.1) is 0 Å². The second kappa shape index (κ2) is 6.70. The Kier molecular flexibility index (Phi) is 4.94. The van der Waals surface area contributed by atoms with Gasteiger partial charge in [0.15, 0.2) is 5.75 Å². The molecule has 4 nitrogen and oxygen atoms in total. The molecule has 0 aliphatic rings. The van der Waals surface area contributed by atoms with E-state index in [0.717, 1.165) is 0 Å². The van der Waals surface area contributed by atoms with Crippen LogP contribution >= 0.6 is 23.2 Å². The molecular formula is C15H13Cl2NO3. The highest BCUT2D eigenvalue weighted by Crippen LogP contribution is 2.35. The van der Waals surface area contributed by atoms with Gasteiger partial charge in [0.05, 0.1) is 17.3 Å². The topological polar surface area (TPSA) is 58.6 Å². The molecule has 0 fully saturated rings. The summed E-state index contributed by atoms with van der Waals surface area (Å²) in [5.41, 5.74) is 0.584. The molecule has 0 aromatic heterocycles. The maximum absolute atomic E-state index is 12.1. The van der Waals surface area contributed by atoms with E-state index in [1.165, 1.54) is 12.1 Å². The Morgan fingerprint density at radius 1 is 1.24 bits per heavy atom. The molecular weight excluding hydrogens is 313 g/mol. The lowest BCUT2D eigenvalue weighted by atomic mass is 10.2. The summed E-state index contributed by atoms with van der Waals surface area (Å²) < 4.78 is 5.30. The fourth-order valence-corrected chi connectivity index (χ4v) is 2.22. The third-order valence-electron chi connectivity index (χ3n) is 2.70. The van der Waals surface area contributed by atoms with Crippen LogP contribution < -0.4 is 10.1 Å². The lowest BCUT2D eigenvalue weighted by Crippen LogP contribution is -2.12. The number of phenols is 1. The molecule has 0 bridgehead atoms. The molecule has 6 heteroatoms. The number of carbonyl (C=O) groups excluding carboxylic acids is 1. The summed E-state index contributed by atoms with van der Waals surface area (Å²) >= 11 is 11.6. The monoisotopic (exact) mass is 325 g/mol. The molecule has 0 heterocycles. The maximum Gasteiger partial charge on any atom is 0.255 e. The molecule has 2 aromatic carbocycles. The molecule has 0 saturated carbocycles. The first-order valence-corrected chi connectivity index (χ1v) is 6.99. The standard InChI is InChI=1S/C15H13Cl2NO3/c1-2-21-11-5-3-9(4-6-11)15(20)18-13-8-10(16)7-12(17)14(13)19/h3-8,19H,2H2,1H3,(H,18,20). The Hall–Kier alpha value is -1.91. The SMILES string of the molecule is CCOc1ccc(C(=O)Nc2cc(Cl)cc(Cl)c2O)cc1. The Morgan fingerprint density at radius 2 is 1.90 bits per heavy atom. The zero-order valence-corrected chi connectivity index (χ0v) is 12.7. The summed E-state index contributed by atoms with van der Waals surface area (Å²) in [4.78, 5) is 12.1. The van der Waals surface area contributed by atoms with Crippen molar-refractivity contribution in [2.45, 2.75) is 6.92 Å². The molecule has 0 aliphatic heterocycles. The van der Waals surface area contributed by atoms with Crippen LogP contribution in [0.3, 0.4) is 0 Å². The van der Waals surface area contributed by atoms with Crippen LogP contribution in [0.5, 0.6) is 11.5 Å². The molecule has 0 radical (unpaired) electrons. The van der Waals surface area contributed by atoms with Crippen molar-refractivity contribution >= 4 is 34.8 Å². The van der Waals surface area contributed by atoms with Crippen LogP contribution in [-0.2, 0) is 0 Å². The van der Waals surface area contributed by atoms with Crippen LogP contribution in [0.4, 0.5) is 5.69 Å². The van der Waals surface area contributed by atoms with E-state index in [1.54, 1.807) is 24.3 Å². The maximum atomic E-state index is 12.1. The minimum Gasteiger partial charge on any atom is -0.504 e. The fraction of sp³-hybridized carbons (Fsp3) is 0.133. The third kappa shape index (κ3) is 3.80. The highest BCUT2D eigenvalue weighted by atomic mass is 35.5. The lowest BCUT2D eigenvalue weighted by molar-refractivity contribution is 0.102. The van der Waals surface area contributed by atoms with Crippen LogP contribution in [0.2, 0.25) is 10.0 Å². The third-order valence-corrected chi connectivity index (χ3v) is 3.21. The normalized spacial score (nSPS) is 10.2. The van der Waals surface area contributed by atoms with Gasteiger partial charge in [0.2, 0.25) is 0 Å². The summed E-state index contributed by atoms with van der Waals surface area (Å²) in [6, 6.07) is 9.47. The van der Waals surface area contributed by atoms with Crippen molar-refractivity contribution in [3.8, 4) is 11.5 Å². The molecule has 1 amide bonds. The van der Waals surface area contributed by atoms with Crippen molar-refractivity contribution in [1.29, 1.82) is 0 Å². The number of carbonyl (C=O) groups is 1. The van der Waals surface area contributed by atoms with Gasteiger partial charge in [-0.2, -0.15) is 0 Å². The van der Waals surface area contributed by atoms with Gasteiger partial charge in [-0.1, -0.05) is 23.2 Å². The quantitative estimate of drug-likeness (QED) is 0.821. The number of halogens is 2. The van der Waals surface area contributed by atoms with Gasteiger partial charge in [0.25, 0.3) is 5.91 Å². The van der Waals surface area contributed by atoms with Gasteiger partial charge in [-0.05, 0) is 43.3 Å². The first kappa shape index (κ1) is 15.5. The fourth-order valence-electron chi connectivity index (χ4n) is 1.72. The van der Waals surface area contributed by atoms with Gasteiger partial charge in [-0.15, -0.1) is 0 Å². The van der Waals surface area contributed by atoms with Gasteiger partial charge in [0, 0.05) is 10.6 Å². The summed E-state index contributed by atoms with van der Waals surface area (Å²) in [5, 5.41) is 12.8. The van der Waals surface area contributed by atoms with Crippen LogP contribution in [0.25, 0.3) is 0 Å². The Balaban J connectivity index is 2.18. The second-order valence-corrected chi connectivity index (χ2v) is 5.04. The number of nitrogens with one attached hydrogen (secondary N) is 1. The van der Waals surface area contributed by atoms with Gasteiger partial charge in [-0.3, -0.25) is 4.79 Å². The van der Waals surface area contributed by atoms with Crippen LogP contribution in [-0.4, -0.2) is 17.6 Å². The average Bonchev–Trinajstić information content (AvgIpc) is 2.45. The summed E-state index contributed by atoms with van der Waals surface area (Å²) in [5.74, 6) is 0.0785. The minimum atomic E-state index is -0.383.